The van der Waals surface area contributed by atoms with Crippen LogP contribution in [0.3, 0.4) is 0 Å². The van der Waals surface area contributed by atoms with Gasteiger partial charge in [-0.15, -0.1) is 0 Å². The largest absolute Gasteiger partial charge is 0.306 e. The van der Waals surface area contributed by atoms with E-state index < -0.39 is 0 Å². The molecule has 0 radical (unpaired) electrons. The predicted molar refractivity (Wildman–Crippen MR) is 87.1 cm³/mol. The van der Waals surface area contributed by atoms with E-state index in [-0.39, 0.29) is 5.54 Å². The lowest BCUT2D eigenvalue weighted by Gasteiger charge is -2.34. The second-order valence-electron chi connectivity index (χ2n) is 7.20. The lowest BCUT2D eigenvalue weighted by atomic mass is 9.95. The van der Waals surface area contributed by atoms with Gasteiger partial charge in [-0.25, -0.2) is 0 Å². The van der Waals surface area contributed by atoms with E-state index in [4.69, 9.17) is 0 Å². The molecular weight excluding hydrogens is 260 g/mol. The highest BCUT2D eigenvalue weighted by molar-refractivity contribution is 5.13. The van der Waals surface area contributed by atoms with Gasteiger partial charge in [-0.3, -0.25) is 5.32 Å². The average molecular weight is 292 g/mol. The minimum atomic E-state index is -0.262. The van der Waals surface area contributed by atoms with Gasteiger partial charge in [-0.2, -0.15) is 5.26 Å². The Balaban J connectivity index is 1.81. The summed E-state index contributed by atoms with van der Waals surface area (Å²) in [4.78, 5) is 4.96. The minimum Gasteiger partial charge on any atom is -0.306 e. The van der Waals surface area contributed by atoms with E-state index in [1.165, 1.54) is 32.5 Å². The average Bonchev–Trinajstić information content (AvgIpc) is 2.93. The maximum absolute atomic E-state index is 9.56. The van der Waals surface area contributed by atoms with Crippen LogP contribution in [0.15, 0.2) is 0 Å². The summed E-state index contributed by atoms with van der Waals surface area (Å²) >= 11 is 0. The van der Waals surface area contributed by atoms with E-state index in [1.54, 1.807) is 0 Å². The molecule has 2 aliphatic rings. The fourth-order valence-electron chi connectivity index (χ4n) is 3.86. The number of likely N-dealkylation sites (tertiary alicyclic amines) is 1. The van der Waals surface area contributed by atoms with Crippen LogP contribution in [0.1, 0.15) is 45.4 Å². The van der Waals surface area contributed by atoms with Crippen LogP contribution >= 0.6 is 0 Å². The standard InChI is InChI=1S/C17H32N4/c1-4-9-19-17(14-18)8-5-16(12-17)21(3)13-15-6-10-20(2)11-7-15/h15-16,19H,4-13H2,1-3H3. The molecule has 4 heteroatoms. The first-order valence-corrected chi connectivity index (χ1v) is 8.63. The summed E-state index contributed by atoms with van der Waals surface area (Å²) in [5.74, 6) is 0.840. The van der Waals surface area contributed by atoms with Crippen molar-refractivity contribution in [1.82, 2.24) is 15.1 Å². The van der Waals surface area contributed by atoms with Crippen LogP contribution in [0.4, 0.5) is 0 Å². The number of hydrogen-bond donors (Lipinski definition) is 1. The number of rotatable bonds is 6. The lowest BCUT2D eigenvalue weighted by Crippen LogP contribution is -2.44. The third kappa shape index (κ3) is 4.42. The van der Waals surface area contributed by atoms with Crippen molar-refractivity contribution in [2.75, 3.05) is 40.3 Å². The molecule has 0 aromatic heterocycles. The van der Waals surface area contributed by atoms with E-state index >= 15 is 0 Å². The molecule has 0 aromatic carbocycles. The zero-order valence-electron chi connectivity index (χ0n) is 14.1. The molecule has 120 valence electrons. The minimum absolute atomic E-state index is 0.262. The SMILES string of the molecule is CCCNC1(C#N)CCC(N(C)CC2CCN(C)CC2)C1. The second-order valence-corrected chi connectivity index (χ2v) is 7.20. The van der Waals surface area contributed by atoms with Crippen molar-refractivity contribution in [2.24, 2.45) is 5.92 Å². The van der Waals surface area contributed by atoms with Gasteiger partial charge in [-0.05, 0) is 78.2 Å². The van der Waals surface area contributed by atoms with Gasteiger partial charge in [0.15, 0.2) is 0 Å². The molecule has 2 rings (SSSR count). The fourth-order valence-corrected chi connectivity index (χ4v) is 3.86. The topological polar surface area (TPSA) is 42.3 Å². The van der Waals surface area contributed by atoms with Gasteiger partial charge in [0, 0.05) is 12.6 Å². The summed E-state index contributed by atoms with van der Waals surface area (Å²) in [5, 5.41) is 13.1. The van der Waals surface area contributed by atoms with Crippen LogP contribution in [-0.4, -0.2) is 61.7 Å². The second kappa shape index (κ2) is 7.58. The van der Waals surface area contributed by atoms with Crippen molar-refractivity contribution >= 4 is 0 Å². The number of nitriles is 1. The molecule has 1 heterocycles. The molecule has 1 saturated carbocycles. The van der Waals surface area contributed by atoms with Crippen molar-refractivity contribution in [1.29, 1.82) is 5.26 Å². The molecule has 1 N–H and O–H groups in total. The molecule has 0 bridgehead atoms. The number of piperidine rings is 1. The summed E-state index contributed by atoms with van der Waals surface area (Å²) in [6.45, 7) is 6.80. The smallest absolute Gasteiger partial charge is 0.108 e. The fraction of sp³-hybridized carbons (Fsp3) is 0.941. The van der Waals surface area contributed by atoms with Gasteiger partial charge >= 0.3 is 0 Å². The zero-order valence-corrected chi connectivity index (χ0v) is 14.1. The van der Waals surface area contributed by atoms with E-state index in [2.05, 4.69) is 42.2 Å². The molecule has 2 atom stereocenters. The van der Waals surface area contributed by atoms with Crippen LogP contribution in [0, 0.1) is 17.2 Å². The highest BCUT2D eigenvalue weighted by Crippen LogP contribution is 2.33. The van der Waals surface area contributed by atoms with Crippen molar-refractivity contribution in [3.63, 3.8) is 0 Å². The van der Waals surface area contributed by atoms with Gasteiger partial charge in [0.25, 0.3) is 0 Å². The monoisotopic (exact) mass is 292 g/mol. The molecule has 0 aromatic rings. The number of nitrogens with zero attached hydrogens (tertiary/aromatic N) is 3. The Morgan fingerprint density at radius 2 is 2.05 bits per heavy atom. The van der Waals surface area contributed by atoms with E-state index in [9.17, 15) is 5.26 Å². The molecule has 1 saturated heterocycles. The summed E-state index contributed by atoms with van der Waals surface area (Å²) in [6, 6.07) is 3.14. The highest BCUT2D eigenvalue weighted by atomic mass is 15.2. The van der Waals surface area contributed by atoms with E-state index in [0.717, 1.165) is 38.1 Å². The summed E-state index contributed by atoms with van der Waals surface area (Å²) in [5.41, 5.74) is -0.262. The molecule has 1 aliphatic heterocycles. The highest BCUT2D eigenvalue weighted by Gasteiger charge is 2.40. The molecule has 0 spiro atoms. The van der Waals surface area contributed by atoms with Gasteiger partial charge in [0.1, 0.15) is 5.54 Å². The molecule has 4 nitrogen and oxygen atoms in total. The summed E-state index contributed by atoms with van der Waals surface area (Å²) < 4.78 is 0. The van der Waals surface area contributed by atoms with Gasteiger partial charge < -0.3 is 9.80 Å². The van der Waals surface area contributed by atoms with Crippen LogP contribution in [0.25, 0.3) is 0 Å². The Morgan fingerprint density at radius 1 is 1.33 bits per heavy atom. The molecule has 21 heavy (non-hydrogen) atoms. The first-order valence-electron chi connectivity index (χ1n) is 8.63. The third-order valence-electron chi connectivity index (χ3n) is 5.42. The first-order chi connectivity index (χ1) is 10.1. The Morgan fingerprint density at radius 3 is 2.67 bits per heavy atom. The Bertz CT molecular complexity index is 356. The Hall–Kier alpha value is -0.630. The quantitative estimate of drug-likeness (QED) is 0.814. The van der Waals surface area contributed by atoms with Gasteiger partial charge in [0.05, 0.1) is 6.07 Å². The lowest BCUT2D eigenvalue weighted by molar-refractivity contribution is 0.148. The van der Waals surface area contributed by atoms with Crippen LogP contribution < -0.4 is 5.32 Å². The maximum Gasteiger partial charge on any atom is 0.108 e. The molecule has 2 unspecified atom stereocenters. The normalized spacial score (nSPS) is 31.7. The first kappa shape index (κ1) is 16.7. The van der Waals surface area contributed by atoms with Crippen molar-refractivity contribution in [2.45, 2.75) is 57.0 Å². The third-order valence-corrected chi connectivity index (χ3v) is 5.42. The predicted octanol–water partition coefficient (Wildman–Crippen LogP) is 2.07. The van der Waals surface area contributed by atoms with Crippen molar-refractivity contribution < 1.29 is 0 Å². The number of hydrogen-bond acceptors (Lipinski definition) is 4. The van der Waals surface area contributed by atoms with Crippen LogP contribution in [0.2, 0.25) is 0 Å². The summed E-state index contributed by atoms with van der Waals surface area (Å²) in [6.07, 6.45) is 6.90. The molecular formula is C17H32N4. The van der Waals surface area contributed by atoms with Crippen molar-refractivity contribution in [3.8, 4) is 6.07 Å². The van der Waals surface area contributed by atoms with E-state index in [0.29, 0.717) is 6.04 Å². The van der Waals surface area contributed by atoms with E-state index in [1.807, 2.05) is 0 Å². The molecule has 1 aliphatic carbocycles. The molecule has 0 amide bonds. The van der Waals surface area contributed by atoms with Crippen molar-refractivity contribution in [3.05, 3.63) is 0 Å². The van der Waals surface area contributed by atoms with Gasteiger partial charge in [0.2, 0.25) is 0 Å². The van der Waals surface area contributed by atoms with Crippen LogP contribution in [0.5, 0.6) is 0 Å². The molecule has 2 fully saturated rings. The Kier molecular flexibility index (Phi) is 6.04. The number of nitrogens with one attached hydrogen (secondary N) is 1. The van der Waals surface area contributed by atoms with Crippen LogP contribution in [-0.2, 0) is 0 Å². The van der Waals surface area contributed by atoms with Gasteiger partial charge in [-0.1, -0.05) is 6.92 Å². The summed E-state index contributed by atoms with van der Waals surface area (Å²) in [7, 11) is 4.48. The Labute approximate surface area is 130 Å². The maximum atomic E-state index is 9.56. The zero-order chi connectivity index (χ0) is 15.3.